The lowest BCUT2D eigenvalue weighted by Crippen LogP contribution is -2.14. The lowest BCUT2D eigenvalue weighted by atomic mass is 10.9. The first-order valence-electron chi connectivity index (χ1n) is 2.89. The van der Waals surface area contributed by atoms with Crippen LogP contribution in [0, 0.1) is 0 Å². The van der Waals surface area contributed by atoms with Gasteiger partial charge in [-0.2, -0.15) is 0 Å². The second kappa shape index (κ2) is 4.65. The molecular weight excluding hydrogens is 156 g/mol. The van der Waals surface area contributed by atoms with Crippen molar-refractivity contribution in [3.05, 3.63) is 0 Å². The smallest absolute Gasteiger partial charge is 0.198 e. The quantitative estimate of drug-likeness (QED) is 0.579. The molecule has 0 atom stereocenters. The van der Waals surface area contributed by atoms with Crippen LogP contribution in [-0.4, -0.2) is 34.0 Å². The molecule has 0 amide bonds. The standard InChI is InChI=1S/C5H12O4S/c1-3-9-5-10(6,7)4-8-2/h3-5H2,1-2H3. The topological polar surface area (TPSA) is 52.6 Å². The molecule has 0 aliphatic heterocycles. The van der Waals surface area contributed by atoms with Crippen molar-refractivity contribution >= 4 is 9.84 Å². The molecule has 0 N–H and O–H groups in total. The minimum atomic E-state index is -3.14. The maximum atomic E-state index is 10.7. The number of rotatable bonds is 5. The van der Waals surface area contributed by atoms with E-state index < -0.39 is 9.84 Å². The average molecular weight is 168 g/mol. The highest BCUT2D eigenvalue weighted by molar-refractivity contribution is 7.91. The molecule has 0 rings (SSSR count). The molecule has 0 spiro atoms. The molecule has 0 bridgehead atoms. The Morgan fingerprint density at radius 1 is 1.30 bits per heavy atom. The van der Waals surface area contributed by atoms with Gasteiger partial charge >= 0.3 is 0 Å². The van der Waals surface area contributed by atoms with Crippen molar-refractivity contribution in [1.82, 2.24) is 0 Å². The van der Waals surface area contributed by atoms with E-state index in [9.17, 15) is 8.42 Å². The van der Waals surface area contributed by atoms with Crippen molar-refractivity contribution < 1.29 is 17.9 Å². The van der Waals surface area contributed by atoms with Gasteiger partial charge in [0.1, 0.15) is 5.94 Å². The van der Waals surface area contributed by atoms with Crippen molar-refractivity contribution in [2.45, 2.75) is 6.92 Å². The van der Waals surface area contributed by atoms with Crippen LogP contribution in [-0.2, 0) is 19.3 Å². The molecule has 0 aromatic heterocycles. The van der Waals surface area contributed by atoms with Crippen molar-refractivity contribution in [2.24, 2.45) is 0 Å². The van der Waals surface area contributed by atoms with Crippen LogP contribution in [0.2, 0.25) is 0 Å². The van der Waals surface area contributed by atoms with Gasteiger partial charge < -0.3 is 9.47 Å². The van der Waals surface area contributed by atoms with Crippen molar-refractivity contribution in [3.63, 3.8) is 0 Å². The molecule has 0 aromatic carbocycles. The van der Waals surface area contributed by atoms with E-state index in [-0.39, 0.29) is 11.9 Å². The van der Waals surface area contributed by atoms with Crippen molar-refractivity contribution in [3.8, 4) is 0 Å². The van der Waals surface area contributed by atoms with Crippen LogP contribution in [0.1, 0.15) is 6.92 Å². The Kier molecular flexibility index (Phi) is 4.59. The van der Waals surface area contributed by atoms with Crippen LogP contribution in [0.4, 0.5) is 0 Å². The first kappa shape index (κ1) is 9.87. The van der Waals surface area contributed by atoms with E-state index in [1.807, 2.05) is 0 Å². The van der Waals surface area contributed by atoms with E-state index in [2.05, 4.69) is 9.47 Å². The number of sulfone groups is 1. The van der Waals surface area contributed by atoms with Gasteiger partial charge in [-0.15, -0.1) is 0 Å². The van der Waals surface area contributed by atoms with Gasteiger partial charge in [0.05, 0.1) is 0 Å². The first-order valence-corrected chi connectivity index (χ1v) is 4.71. The maximum absolute atomic E-state index is 10.7. The summed E-state index contributed by atoms with van der Waals surface area (Å²) in [6, 6.07) is 0. The van der Waals surface area contributed by atoms with Gasteiger partial charge in [-0.3, -0.25) is 0 Å². The third kappa shape index (κ3) is 4.72. The number of hydrogen-bond acceptors (Lipinski definition) is 4. The third-order valence-corrected chi connectivity index (χ3v) is 1.89. The van der Waals surface area contributed by atoms with Crippen LogP contribution in [0.5, 0.6) is 0 Å². The van der Waals surface area contributed by atoms with E-state index in [0.29, 0.717) is 6.61 Å². The molecule has 0 heterocycles. The van der Waals surface area contributed by atoms with E-state index in [1.165, 1.54) is 7.11 Å². The van der Waals surface area contributed by atoms with Crippen LogP contribution < -0.4 is 0 Å². The average Bonchev–Trinajstić information content (AvgIpc) is 1.84. The zero-order valence-corrected chi connectivity index (χ0v) is 6.98. The molecule has 10 heavy (non-hydrogen) atoms. The minimum Gasteiger partial charge on any atom is -0.369 e. The summed E-state index contributed by atoms with van der Waals surface area (Å²) in [7, 11) is -1.80. The van der Waals surface area contributed by atoms with E-state index in [0.717, 1.165) is 0 Å². The van der Waals surface area contributed by atoms with Crippen molar-refractivity contribution in [2.75, 3.05) is 25.6 Å². The summed E-state index contributed by atoms with van der Waals surface area (Å²) in [5.41, 5.74) is 0. The van der Waals surface area contributed by atoms with E-state index >= 15 is 0 Å². The van der Waals surface area contributed by atoms with Gasteiger partial charge in [-0.1, -0.05) is 0 Å². The monoisotopic (exact) mass is 168 g/mol. The van der Waals surface area contributed by atoms with Crippen LogP contribution in [0.15, 0.2) is 0 Å². The highest BCUT2D eigenvalue weighted by atomic mass is 32.2. The summed E-state index contributed by atoms with van der Waals surface area (Å²) in [6.45, 7) is 2.14. The molecule has 0 saturated heterocycles. The summed E-state index contributed by atoms with van der Waals surface area (Å²) in [6.07, 6.45) is 0. The molecule has 0 radical (unpaired) electrons. The molecule has 0 fully saturated rings. The van der Waals surface area contributed by atoms with Crippen LogP contribution >= 0.6 is 0 Å². The summed E-state index contributed by atoms with van der Waals surface area (Å²) in [4.78, 5) is 0. The third-order valence-electron chi connectivity index (χ3n) is 0.764. The summed E-state index contributed by atoms with van der Waals surface area (Å²) < 4.78 is 30.6. The van der Waals surface area contributed by atoms with Gasteiger partial charge in [0.2, 0.25) is 0 Å². The highest BCUT2D eigenvalue weighted by Crippen LogP contribution is 1.90. The summed E-state index contributed by atoms with van der Waals surface area (Å²) in [5, 5.41) is 0. The fourth-order valence-corrected chi connectivity index (χ4v) is 1.27. The highest BCUT2D eigenvalue weighted by Gasteiger charge is 2.08. The Labute approximate surface area is 61.1 Å². The van der Waals surface area contributed by atoms with Gasteiger partial charge in [0.15, 0.2) is 15.8 Å². The van der Waals surface area contributed by atoms with E-state index in [1.54, 1.807) is 6.92 Å². The molecule has 0 saturated carbocycles. The predicted molar refractivity (Wildman–Crippen MR) is 37.3 cm³/mol. The Bertz CT molecular complexity index is 160. The Balaban J connectivity index is 3.65. The van der Waals surface area contributed by atoms with Crippen LogP contribution in [0.3, 0.4) is 0 Å². The number of methoxy groups -OCH3 is 1. The largest absolute Gasteiger partial charge is 0.369 e. The Morgan fingerprint density at radius 2 is 1.90 bits per heavy atom. The molecule has 62 valence electrons. The lowest BCUT2D eigenvalue weighted by molar-refractivity contribution is 0.185. The lowest BCUT2D eigenvalue weighted by Gasteiger charge is -2.01. The molecule has 0 aliphatic carbocycles. The molecule has 4 nitrogen and oxygen atoms in total. The second-order valence-corrected chi connectivity index (χ2v) is 3.72. The number of hydrogen-bond donors (Lipinski definition) is 0. The summed E-state index contributed by atoms with van der Waals surface area (Å²) in [5.74, 6) is -0.523. The zero-order chi connectivity index (χ0) is 8.04. The summed E-state index contributed by atoms with van der Waals surface area (Å²) >= 11 is 0. The number of ether oxygens (including phenoxy) is 2. The van der Waals surface area contributed by atoms with Gasteiger partial charge in [0, 0.05) is 13.7 Å². The fourth-order valence-electron chi connectivity index (χ4n) is 0.424. The molecular formula is C5H12O4S. The minimum absolute atomic E-state index is 0.253. The Hall–Kier alpha value is -0.130. The van der Waals surface area contributed by atoms with Gasteiger partial charge in [-0.05, 0) is 6.92 Å². The zero-order valence-electron chi connectivity index (χ0n) is 6.16. The predicted octanol–water partition coefficient (Wildman–Crippen LogP) is -0.000900. The molecule has 0 aromatic rings. The molecule has 5 heteroatoms. The molecule has 0 unspecified atom stereocenters. The van der Waals surface area contributed by atoms with Crippen LogP contribution in [0.25, 0.3) is 0 Å². The molecule has 0 aliphatic rings. The Morgan fingerprint density at radius 3 is 2.30 bits per heavy atom. The maximum Gasteiger partial charge on any atom is 0.198 e. The van der Waals surface area contributed by atoms with E-state index in [4.69, 9.17) is 0 Å². The fraction of sp³-hybridized carbons (Fsp3) is 1.00. The second-order valence-electron chi connectivity index (χ2n) is 1.76. The normalized spacial score (nSPS) is 11.8. The first-order chi connectivity index (χ1) is 4.62. The van der Waals surface area contributed by atoms with Crippen molar-refractivity contribution in [1.29, 1.82) is 0 Å². The van der Waals surface area contributed by atoms with Gasteiger partial charge in [0.25, 0.3) is 0 Å². The van der Waals surface area contributed by atoms with Gasteiger partial charge in [-0.25, -0.2) is 8.42 Å². The SMILES string of the molecule is CCOCS(=O)(=O)COC.